The summed E-state index contributed by atoms with van der Waals surface area (Å²) in [6, 6.07) is 0. The average Bonchev–Trinajstić information content (AvgIpc) is 2.84. The fourth-order valence-electron chi connectivity index (χ4n) is 6.35. The molecule has 3 rings (SSSR count). The third-order valence-corrected chi connectivity index (χ3v) is 7.42. The van der Waals surface area contributed by atoms with E-state index < -0.39 is 0 Å². The standard InChI is InChI=1S/C21H34/c1-5-8-17-15(6-2)9-11-19-18(17)13-14-21(4)16(7-3)10-12-20(19)21/h7,16,18-20H,3,5-6,8-14H2,1-2,4H3. The second-order valence-electron chi connectivity index (χ2n) is 8.11. The lowest BCUT2D eigenvalue weighted by molar-refractivity contribution is 0.0253. The molecule has 0 aromatic heterocycles. The first kappa shape index (κ1) is 15.4. The summed E-state index contributed by atoms with van der Waals surface area (Å²) in [6.45, 7) is 11.5. The Balaban J connectivity index is 1.89. The first-order valence-electron chi connectivity index (χ1n) is 9.49. The molecule has 0 heterocycles. The third-order valence-electron chi connectivity index (χ3n) is 7.42. The van der Waals surface area contributed by atoms with Gasteiger partial charge in [0.25, 0.3) is 0 Å². The Bertz CT molecular complexity index is 429. The molecule has 118 valence electrons. The molecule has 0 N–H and O–H groups in total. The Morgan fingerprint density at radius 2 is 2.00 bits per heavy atom. The van der Waals surface area contributed by atoms with Crippen molar-refractivity contribution in [3.8, 4) is 0 Å². The van der Waals surface area contributed by atoms with Crippen molar-refractivity contribution in [2.45, 2.75) is 78.6 Å². The van der Waals surface area contributed by atoms with Crippen molar-refractivity contribution >= 4 is 0 Å². The van der Waals surface area contributed by atoms with Gasteiger partial charge in [-0.2, -0.15) is 0 Å². The van der Waals surface area contributed by atoms with E-state index in [0.29, 0.717) is 5.41 Å². The number of rotatable bonds is 4. The van der Waals surface area contributed by atoms with Crippen molar-refractivity contribution in [3.05, 3.63) is 23.8 Å². The summed E-state index contributed by atoms with van der Waals surface area (Å²) in [5.74, 6) is 3.69. The molecular weight excluding hydrogens is 252 g/mol. The number of fused-ring (bicyclic) bond motifs is 3. The smallest absolute Gasteiger partial charge is 0.0169 e. The highest BCUT2D eigenvalue weighted by Gasteiger charge is 2.53. The van der Waals surface area contributed by atoms with Crippen molar-refractivity contribution in [1.82, 2.24) is 0 Å². The van der Waals surface area contributed by atoms with E-state index in [1.807, 2.05) is 11.1 Å². The Labute approximate surface area is 132 Å². The minimum Gasteiger partial charge on any atom is -0.103 e. The van der Waals surface area contributed by atoms with Crippen LogP contribution in [-0.2, 0) is 0 Å². The molecule has 0 amide bonds. The van der Waals surface area contributed by atoms with Crippen LogP contribution in [0.3, 0.4) is 0 Å². The summed E-state index contributed by atoms with van der Waals surface area (Å²) in [4.78, 5) is 0. The molecular formula is C21H34. The molecule has 21 heavy (non-hydrogen) atoms. The maximum atomic E-state index is 4.14. The molecule has 3 aliphatic carbocycles. The van der Waals surface area contributed by atoms with Gasteiger partial charge in [0, 0.05) is 0 Å². The van der Waals surface area contributed by atoms with Crippen LogP contribution in [0.1, 0.15) is 78.6 Å². The predicted molar refractivity (Wildman–Crippen MR) is 92.2 cm³/mol. The van der Waals surface area contributed by atoms with E-state index in [2.05, 4.69) is 33.4 Å². The molecule has 2 fully saturated rings. The molecule has 3 aliphatic rings. The molecule has 0 bridgehead atoms. The number of hydrogen-bond donors (Lipinski definition) is 0. The van der Waals surface area contributed by atoms with Crippen molar-refractivity contribution < 1.29 is 0 Å². The Hall–Kier alpha value is -0.520. The van der Waals surface area contributed by atoms with Crippen molar-refractivity contribution in [3.63, 3.8) is 0 Å². The van der Waals surface area contributed by atoms with Gasteiger partial charge in [-0.1, -0.05) is 44.4 Å². The van der Waals surface area contributed by atoms with E-state index in [1.54, 1.807) is 0 Å². The van der Waals surface area contributed by atoms with Gasteiger partial charge in [-0.15, -0.1) is 6.58 Å². The van der Waals surface area contributed by atoms with Gasteiger partial charge in [-0.05, 0) is 80.5 Å². The molecule has 5 unspecified atom stereocenters. The maximum absolute atomic E-state index is 4.14. The quantitative estimate of drug-likeness (QED) is 0.515. The van der Waals surface area contributed by atoms with Gasteiger partial charge >= 0.3 is 0 Å². The van der Waals surface area contributed by atoms with E-state index in [0.717, 1.165) is 23.7 Å². The molecule has 2 saturated carbocycles. The second kappa shape index (κ2) is 5.94. The summed E-state index contributed by atoms with van der Waals surface area (Å²) in [6.07, 6.45) is 14.9. The first-order valence-corrected chi connectivity index (χ1v) is 9.49. The van der Waals surface area contributed by atoms with Gasteiger partial charge in [0.2, 0.25) is 0 Å². The fraction of sp³-hybridized carbons (Fsp3) is 0.810. The molecule has 5 atom stereocenters. The van der Waals surface area contributed by atoms with E-state index in [1.165, 1.54) is 57.8 Å². The van der Waals surface area contributed by atoms with Crippen molar-refractivity contribution in [2.75, 3.05) is 0 Å². The van der Waals surface area contributed by atoms with Crippen LogP contribution in [0, 0.1) is 29.1 Å². The first-order chi connectivity index (χ1) is 10.2. The zero-order chi connectivity index (χ0) is 15.0. The van der Waals surface area contributed by atoms with Crippen molar-refractivity contribution in [1.29, 1.82) is 0 Å². The van der Waals surface area contributed by atoms with Crippen LogP contribution < -0.4 is 0 Å². The van der Waals surface area contributed by atoms with Crippen LogP contribution in [0.5, 0.6) is 0 Å². The van der Waals surface area contributed by atoms with Crippen LogP contribution in [0.2, 0.25) is 0 Å². The maximum Gasteiger partial charge on any atom is -0.0169 e. The summed E-state index contributed by atoms with van der Waals surface area (Å²) in [5, 5.41) is 0. The summed E-state index contributed by atoms with van der Waals surface area (Å²) in [5.41, 5.74) is 4.31. The van der Waals surface area contributed by atoms with Crippen LogP contribution in [-0.4, -0.2) is 0 Å². The SMILES string of the molecule is C=CC1CCC2C3CCC(CC)=C(CCC)C3CCC12C. The van der Waals surface area contributed by atoms with E-state index in [9.17, 15) is 0 Å². The highest BCUT2D eigenvalue weighted by atomic mass is 14.6. The van der Waals surface area contributed by atoms with E-state index in [-0.39, 0.29) is 0 Å². The summed E-state index contributed by atoms with van der Waals surface area (Å²) >= 11 is 0. The zero-order valence-electron chi connectivity index (χ0n) is 14.5. The van der Waals surface area contributed by atoms with E-state index in [4.69, 9.17) is 0 Å². The minimum absolute atomic E-state index is 0.573. The fourth-order valence-corrected chi connectivity index (χ4v) is 6.35. The van der Waals surface area contributed by atoms with Gasteiger partial charge in [0.1, 0.15) is 0 Å². The highest BCUT2D eigenvalue weighted by Crippen LogP contribution is 2.62. The largest absolute Gasteiger partial charge is 0.103 e. The van der Waals surface area contributed by atoms with Gasteiger partial charge in [-0.3, -0.25) is 0 Å². The van der Waals surface area contributed by atoms with Gasteiger partial charge in [-0.25, -0.2) is 0 Å². The Morgan fingerprint density at radius 1 is 1.19 bits per heavy atom. The molecule has 0 radical (unpaired) electrons. The molecule has 0 aliphatic heterocycles. The van der Waals surface area contributed by atoms with Gasteiger partial charge in [0.15, 0.2) is 0 Å². The molecule has 0 heteroatoms. The lowest BCUT2D eigenvalue weighted by atomic mass is 9.53. The average molecular weight is 287 g/mol. The summed E-state index contributed by atoms with van der Waals surface area (Å²) in [7, 11) is 0. The molecule has 0 aromatic carbocycles. The van der Waals surface area contributed by atoms with Gasteiger partial charge in [0.05, 0.1) is 0 Å². The Morgan fingerprint density at radius 3 is 2.67 bits per heavy atom. The second-order valence-corrected chi connectivity index (χ2v) is 8.11. The lowest BCUT2D eigenvalue weighted by Crippen LogP contribution is -2.43. The van der Waals surface area contributed by atoms with Crippen LogP contribution >= 0.6 is 0 Å². The normalized spacial score (nSPS) is 42.6. The molecule has 0 spiro atoms. The van der Waals surface area contributed by atoms with Crippen LogP contribution in [0.25, 0.3) is 0 Å². The molecule has 0 nitrogen and oxygen atoms in total. The zero-order valence-corrected chi connectivity index (χ0v) is 14.5. The van der Waals surface area contributed by atoms with Crippen LogP contribution in [0.4, 0.5) is 0 Å². The number of hydrogen-bond acceptors (Lipinski definition) is 0. The van der Waals surface area contributed by atoms with Crippen LogP contribution in [0.15, 0.2) is 23.8 Å². The number of allylic oxidation sites excluding steroid dienone is 3. The highest BCUT2D eigenvalue weighted by molar-refractivity contribution is 5.24. The molecule has 0 aromatic rings. The lowest BCUT2D eigenvalue weighted by Gasteiger charge is -2.51. The van der Waals surface area contributed by atoms with Crippen molar-refractivity contribution in [2.24, 2.45) is 29.1 Å². The topological polar surface area (TPSA) is 0 Å². The monoisotopic (exact) mass is 286 g/mol. The minimum atomic E-state index is 0.573. The molecule has 0 saturated heterocycles. The Kier molecular flexibility index (Phi) is 4.35. The predicted octanol–water partition coefficient (Wildman–Crippen LogP) is 6.53. The van der Waals surface area contributed by atoms with Gasteiger partial charge < -0.3 is 0 Å². The third kappa shape index (κ3) is 2.34. The van der Waals surface area contributed by atoms with E-state index >= 15 is 0 Å². The summed E-state index contributed by atoms with van der Waals surface area (Å²) < 4.78 is 0.